The number of anilines is 1. The first kappa shape index (κ1) is 53.5. The van der Waals surface area contributed by atoms with Gasteiger partial charge in [0, 0.05) is 29.9 Å². The number of hydrogen-bond donors (Lipinski definition) is 3. The van der Waals surface area contributed by atoms with Crippen molar-refractivity contribution in [3.8, 4) is 0 Å². The predicted molar refractivity (Wildman–Crippen MR) is 238 cm³/mol. The smallest absolute Gasteiger partial charge is 0.255 e. The van der Waals surface area contributed by atoms with Gasteiger partial charge in [-0.25, -0.2) is 0 Å². The molecule has 0 aliphatic rings. The van der Waals surface area contributed by atoms with E-state index in [9.17, 15) is 9.59 Å². The van der Waals surface area contributed by atoms with Crippen LogP contribution in [0, 0.1) is 12.3 Å². The van der Waals surface area contributed by atoms with Gasteiger partial charge in [0.25, 0.3) is 5.91 Å². The van der Waals surface area contributed by atoms with Gasteiger partial charge in [0.2, 0.25) is 0 Å². The summed E-state index contributed by atoms with van der Waals surface area (Å²) in [4.78, 5) is 22.5. The van der Waals surface area contributed by atoms with Crippen LogP contribution in [0.15, 0.2) is 95.1 Å². The minimum Gasteiger partial charge on any atom is -0.328 e. The van der Waals surface area contributed by atoms with Gasteiger partial charge in [0.15, 0.2) is 5.78 Å². The van der Waals surface area contributed by atoms with Crippen molar-refractivity contribution in [1.82, 2.24) is 0 Å². The molecule has 0 heterocycles. The minimum atomic E-state index is -0.0664. The molecule has 0 spiro atoms. The second kappa shape index (κ2) is 36.5. The Morgan fingerprint density at radius 1 is 0.830 bits per heavy atom. The lowest BCUT2D eigenvalue weighted by atomic mass is 10.1. The molecular formula is C48H79N3O2. The number of hydrogen-bond acceptors (Lipinski definition) is 4. The molecule has 4 N–H and O–H groups in total. The number of nitrogens with one attached hydrogen (secondary N) is 2. The van der Waals surface area contributed by atoms with Crippen LogP contribution in [0.1, 0.15) is 169 Å². The number of amides is 1. The van der Waals surface area contributed by atoms with Crippen LogP contribution >= 0.6 is 0 Å². The average Bonchev–Trinajstić information content (AvgIpc) is 3.15. The number of allylic oxidation sites excluding steroid dienone is 8. The molecule has 0 saturated carbocycles. The summed E-state index contributed by atoms with van der Waals surface area (Å²) in [5, 5.41) is 9.82. The number of nitrogens with two attached hydrogens (primary N) is 1. The predicted octanol–water partition coefficient (Wildman–Crippen LogP) is 14.1. The highest BCUT2D eigenvalue weighted by Crippen LogP contribution is 2.13. The van der Waals surface area contributed by atoms with Crippen LogP contribution < -0.4 is 11.1 Å². The van der Waals surface area contributed by atoms with Gasteiger partial charge in [-0.2, -0.15) is 0 Å². The van der Waals surface area contributed by atoms with Crippen molar-refractivity contribution >= 4 is 23.6 Å². The number of carbonyl (C=O) groups is 2. The van der Waals surface area contributed by atoms with Gasteiger partial charge in [-0.15, -0.1) is 0 Å². The number of aryl methyl sites for hydroxylation is 2. The summed E-state index contributed by atoms with van der Waals surface area (Å²) in [6.07, 6.45) is 21.6. The van der Waals surface area contributed by atoms with Gasteiger partial charge >= 0.3 is 0 Å². The fourth-order valence-corrected chi connectivity index (χ4v) is 4.48. The summed E-state index contributed by atoms with van der Waals surface area (Å²) in [6.45, 7) is 27.2. The largest absolute Gasteiger partial charge is 0.328 e. The van der Waals surface area contributed by atoms with E-state index in [4.69, 9.17) is 11.1 Å². The first-order chi connectivity index (χ1) is 25.2. The lowest BCUT2D eigenvalue weighted by molar-refractivity contribution is -0.114. The fraction of sp³-hybridized carbons (Fsp3) is 0.521. The van der Waals surface area contributed by atoms with Crippen LogP contribution in [-0.4, -0.2) is 23.9 Å². The molecule has 0 saturated heterocycles. The number of unbranched alkanes of at least 4 members (excludes halogenated alkanes) is 2. The van der Waals surface area contributed by atoms with Gasteiger partial charge in [-0.05, 0) is 121 Å². The van der Waals surface area contributed by atoms with E-state index < -0.39 is 0 Å². The molecule has 0 bridgehead atoms. The average molecular weight is 730 g/mol. The highest BCUT2D eigenvalue weighted by Gasteiger charge is 2.05. The molecule has 298 valence electrons. The van der Waals surface area contributed by atoms with Crippen molar-refractivity contribution < 1.29 is 9.59 Å². The molecule has 0 fully saturated rings. The lowest BCUT2D eigenvalue weighted by Crippen LogP contribution is -2.17. The summed E-state index contributed by atoms with van der Waals surface area (Å²) in [7, 11) is 0. The van der Waals surface area contributed by atoms with E-state index in [1.807, 2.05) is 83.2 Å². The molecule has 5 nitrogen and oxygen atoms in total. The SMILES string of the molecule is CC/C=C(C)/C=C(/C)CC.CC/C=C/C(=O)CC.CCC(C=N)=C(C)C.CCCCCC(N)CC.CCc1cccc(NC(=O)c2ccc(C)cc2)c1. The van der Waals surface area contributed by atoms with E-state index >= 15 is 0 Å². The molecule has 2 rings (SSSR count). The van der Waals surface area contributed by atoms with E-state index in [1.54, 1.807) is 6.08 Å². The summed E-state index contributed by atoms with van der Waals surface area (Å²) in [5.41, 5.74) is 14.9. The molecule has 1 unspecified atom stereocenters. The van der Waals surface area contributed by atoms with E-state index in [-0.39, 0.29) is 11.7 Å². The van der Waals surface area contributed by atoms with Crippen LogP contribution in [0.4, 0.5) is 5.69 Å². The molecular weight excluding hydrogens is 651 g/mol. The van der Waals surface area contributed by atoms with Crippen LogP contribution in [-0.2, 0) is 11.2 Å². The molecule has 1 amide bonds. The standard InChI is InChI=1S/C16H17NO.C10H18.C8H19N.C7H13N.C7H12O/c1-3-13-5-4-6-15(11-13)17-16(18)14-9-7-12(2)8-10-14;1-5-7-10(4)8-9(3)6-2;1-3-5-6-7-8(9)4-2;1-4-7(5-8)6(2)3;1-3-5-6-7(8)4-2/h4-11H,3H2,1-2H3,(H,17,18);7-8H,5-6H2,1-4H3;8H,3-7,9H2,1-2H3;5,8H,4H2,1-3H3;5-6H,3-4H2,1-2H3/b;9-8-,10-7+;;;6-5+. The maximum Gasteiger partial charge on any atom is 0.255 e. The van der Waals surface area contributed by atoms with E-state index in [0.717, 1.165) is 55.3 Å². The monoisotopic (exact) mass is 730 g/mol. The van der Waals surface area contributed by atoms with Crippen molar-refractivity contribution in [2.75, 3.05) is 5.32 Å². The third-order valence-corrected chi connectivity index (χ3v) is 8.25. The second-order valence-electron chi connectivity index (χ2n) is 13.4. The summed E-state index contributed by atoms with van der Waals surface area (Å²) < 4.78 is 0. The van der Waals surface area contributed by atoms with Crippen molar-refractivity contribution in [3.05, 3.63) is 112 Å². The van der Waals surface area contributed by atoms with E-state index in [0.29, 0.717) is 18.0 Å². The zero-order chi connectivity index (χ0) is 41.0. The Bertz CT molecular complexity index is 1360. The molecule has 0 aliphatic heterocycles. The Hall–Kier alpha value is -3.83. The molecule has 0 radical (unpaired) electrons. The maximum absolute atomic E-state index is 12.0. The first-order valence-electron chi connectivity index (χ1n) is 20.2. The third kappa shape index (κ3) is 32.5. The topological polar surface area (TPSA) is 96.0 Å². The number of rotatable bonds is 16. The Balaban J connectivity index is -0.000000623. The zero-order valence-corrected chi connectivity index (χ0v) is 36.3. The highest BCUT2D eigenvalue weighted by atomic mass is 16.1. The zero-order valence-electron chi connectivity index (χ0n) is 36.3. The minimum absolute atomic E-state index is 0.0664. The Morgan fingerprint density at radius 3 is 1.91 bits per heavy atom. The summed E-state index contributed by atoms with van der Waals surface area (Å²) >= 11 is 0. The Morgan fingerprint density at radius 2 is 1.47 bits per heavy atom. The van der Waals surface area contributed by atoms with E-state index in [2.05, 4.69) is 78.9 Å². The normalized spacial score (nSPS) is 11.2. The lowest BCUT2D eigenvalue weighted by Gasteiger charge is -2.07. The van der Waals surface area contributed by atoms with Crippen molar-refractivity contribution in [2.24, 2.45) is 5.73 Å². The van der Waals surface area contributed by atoms with Gasteiger partial charge < -0.3 is 16.5 Å². The molecule has 5 heteroatoms. The Labute approximate surface area is 327 Å². The summed E-state index contributed by atoms with van der Waals surface area (Å²) in [5.74, 6) is 0.148. The molecule has 2 aromatic carbocycles. The third-order valence-electron chi connectivity index (χ3n) is 8.25. The molecule has 2 aromatic rings. The maximum atomic E-state index is 12.0. The van der Waals surface area contributed by atoms with Gasteiger partial charge in [0.05, 0.1) is 0 Å². The quantitative estimate of drug-likeness (QED) is 0.0694. The van der Waals surface area contributed by atoms with Gasteiger partial charge in [0.1, 0.15) is 0 Å². The van der Waals surface area contributed by atoms with Crippen LogP contribution in [0.5, 0.6) is 0 Å². The van der Waals surface area contributed by atoms with E-state index in [1.165, 1.54) is 54.2 Å². The molecule has 1 atom stereocenters. The van der Waals surface area contributed by atoms with Crippen molar-refractivity contribution in [2.45, 2.75) is 167 Å². The molecule has 53 heavy (non-hydrogen) atoms. The second-order valence-corrected chi connectivity index (χ2v) is 13.4. The van der Waals surface area contributed by atoms with Gasteiger partial charge in [-0.1, -0.05) is 139 Å². The number of ketones is 1. The van der Waals surface area contributed by atoms with Crippen molar-refractivity contribution in [3.63, 3.8) is 0 Å². The van der Waals surface area contributed by atoms with Gasteiger partial charge in [-0.3, -0.25) is 9.59 Å². The Kier molecular flexibility index (Phi) is 36.9. The molecule has 0 aliphatic carbocycles. The number of benzene rings is 2. The van der Waals surface area contributed by atoms with Crippen molar-refractivity contribution in [1.29, 1.82) is 5.41 Å². The van der Waals surface area contributed by atoms with Crippen LogP contribution in [0.2, 0.25) is 0 Å². The first-order valence-corrected chi connectivity index (χ1v) is 20.2. The summed E-state index contributed by atoms with van der Waals surface area (Å²) in [6, 6.07) is 16.0. The van der Waals surface area contributed by atoms with Crippen LogP contribution in [0.3, 0.4) is 0 Å². The number of carbonyl (C=O) groups excluding carboxylic acids is 2. The highest BCUT2D eigenvalue weighted by molar-refractivity contribution is 6.04. The van der Waals surface area contributed by atoms with Crippen LogP contribution in [0.25, 0.3) is 0 Å². The fourth-order valence-electron chi connectivity index (χ4n) is 4.48. The molecule has 0 aromatic heterocycles.